The minimum absolute atomic E-state index is 0.359. The number of anilines is 1. The Balaban J connectivity index is 1.74. The maximum absolute atomic E-state index is 12.5. The van der Waals surface area contributed by atoms with E-state index >= 15 is 0 Å². The molecule has 0 aliphatic heterocycles. The summed E-state index contributed by atoms with van der Waals surface area (Å²) in [5.41, 5.74) is -0.349. The Morgan fingerprint density at radius 1 is 0.967 bits per heavy atom. The second kappa shape index (κ2) is 9.01. The van der Waals surface area contributed by atoms with Gasteiger partial charge in [-0.2, -0.15) is 0 Å². The van der Waals surface area contributed by atoms with Crippen molar-refractivity contribution in [1.29, 1.82) is 0 Å². The molecule has 3 rings (SSSR count). The third-order valence-corrected chi connectivity index (χ3v) is 4.45. The second-order valence-corrected chi connectivity index (χ2v) is 6.47. The number of carbonyl (C=O) groups is 1. The van der Waals surface area contributed by atoms with Gasteiger partial charge in [-0.25, -0.2) is 0 Å². The molecule has 0 spiro atoms. The van der Waals surface area contributed by atoms with Crippen LogP contribution in [0.15, 0.2) is 66.7 Å². The van der Waals surface area contributed by atoms with Crippen molar-refractivity contribution in [2.45, 2.75) is 6.61 Å². The molecule has 10 heteroatoms. The fourth-order valence-corrected chi connectivity index (χ4v) is 2.84. The highest BCUT2D eigenvalue weighted by atomic mass is 35.5. The van der Waals surface area contributed by atoms with Crippen LogP contribution >= 0.6 is 11.6 Å². The minimum atomic E-state index is -0.884. The summed E-state index contributed by atoms with van der Waals surface area (Å²) in [6.07, 6.45) is 0. The molecule has 152 valence electrons. The number of non-ortho nitro benzene ring substituents is 1. The highest BCUT2D eigenvalue weighted by Gasteiger charge is 2.26. The monoisotopic (exact) mass is 427 g/mol. The van der Waals surface area contributed by atoms with E-state index < -0.39 is 32.2 Å². The lowest BCUT2D eigenvalue weighted by Crippen LogP contribution is -2.13. The number of ether oxygens (including phenoxy) is 1. The maximum atomic E-state index is 12.5. The summed E-state index contributed by atoms with van der Waals surface area (Å²) < 4.78 is 5.66. The molecule has 1 amide bonds. The first-order valence-corrected chi connectivity index (χ1v) is 8.93. The lowest BCUT2D eigenvalue weighted by atomic mass is 10.1. The molecule has 1 N–H and O–H groups in total. The normalized spacial score (nSPS) is 10.3. The van der Waals surface area contributed by atoms with E-state index in [0.29, 0.717) is 24.1 Å². The van der Waals surface area contributed by atoms with Crippen LogP contribution in [-0.2, 0) is 6.61 Å². The molecule has 0 aliphatic rings. The van der Waals surface area contributed by atoms with Gasteiger partial charge in [-0.1, -0.05) is 41.9 Å². The van der Waals surface area contributed by atoms with E-state index in [4.69, 9.17) is 16.3 Å². The van der Waals surface area contributed by atoms with Gasteiger partial charge in [0, 0.05) is 11.8 Å². The zero-order valence-electron chi connectivity index (χ0n) is 15.3. The first-order chi connectivity index (χ1) is 14.3. The number of carbonyl (C=O) groups excluding carboxylic acids is 1. The minimum Gasteiger partial charge on any atom is -0.489 e. The molecule has 3 aromatic rings. The second-order valence-electron chi connectivity index (χ2n) is 6.09. The summed E-state index contributed by atoms with van der Waals surface area (Å²) in [6, 6.07) is 17.6. The van der Waals surface area contributed by atoms with Gasteiger partial charge in [-0.05, 0) is 29.8 Å². The average Bonchev–Trinajstić information content (AvgIpc) is 2.73. The van der Waals surface area contributed by atoms with Gasteiger partial charge in [-0.15, -0.1) is 0 Å². The van der Waals surface area contributed by atoms with Crippen molar-refractivity contribution in [3.8, 4) is 5.75 Å². The molecule has 0 unspecified atom stereocenters. The Kier molecular flexibility index (Phi) is 6.23. The Bertz CT molecular complexity index is 1100. The van der Waals surface area contributed by atoms with Crippen molar-refractivity contribution in [2.24, 2.45) is 0 Å². The summed E-state index contributed by atoms with van der Waals surface area (Å²) >= 11 is 5.92. The lowest BCUT2D eigenvalue weighted by Gasteiger charge is -2.09. The number of benzene rings is 3. The highest BCUT2D eigenvalue weighted by molar-refractivity contribution is 6.36. The van der Waals surface area contributed by atoms with Crippen molar-refractivity contribution in [3.63, 3.8) is 0 Å². The third kappa shape index (κ3) is 4.89. The number of halogens is 1. The van der Waals surface area contributed by atoms with Gasteiger partial charge in [0.05, 0.1) is 21.5 Å². The summed E-state index contributed by atoms with van der Waals surface area (Å²) in [5.74, 6) is -0.245. The van der Waals surface area contributed by atoms with Crippen LogP contribution in [0.3, 0.4) is 0 Å². The van der Waals surface area contributed by atoms with Crippen LogP contribution in [0.1, 0.15) is 15.9 Å². The summed E-state index contributed by atoms with van der Waals surface area (Å²) in [6.45, 7) is 0.375. The molecule has 3 aromatic carbocycles. The topological polar surface area (TPSA) is 125 Å². The van der Waals surface area contributed by atoms with E-state index in [1.54, 1.807) is 24.3 Å². The maximum Gasteiger partial charge on any atom is 0.295 e. The molecular weight excluding hydrogens is 414 g/mol. The predicted octanol–water partition coefficient (Wildman–Crippen LogP) is 4.99. The molecular formula is C20H14ClN3O6. The number of nitro groups is 2. The SMILES string of the molecule is O=C(Nc1ccc(OCc2ccccc2)cc1)c1cc([N+](=O)[O-])cc([N+](=O)[O-])c1Cl. The molecule has 0 saturated carbocycles. The number of amides is 1. The van der Waals surface area contributed by atoms with Crippen LogP contribution in [-0.4, -0.2) is 15.8 Å². The number of nitrogens with one attached hydrogen (secondary N) is 1. The number of nitrogens with zero attached hydrogens (tertiary/aromatic N) is 2. The van der Waals surface area contributed by atoms with Crippen molar-refractivity contribution < 1.29 is 19.4 Å². The number of hydrogen-bond acceptors (Lipinski definition) is 6. The Morgan fingerprint density at radius 2 is 1.63 bits per heavy atom. The van der Waals surface area contributed by atoms with E-state index in [-0.39, 0.29) is 5.56 Å². The standard InChI is InChI=1S/C20H14ClN3O6/c21-19-17(10-15(23(26)27)11-18(19)24(28)29)20(25)22-14-6-8-16(9-7-14)30-12-13-4-2-1-3-5-13/h1-11H,12H2,(H,22,25). The first-order valence-electron chi connectivity index (χ1n) is 8.55. The molecule has 0 radical (unpaired) electrons. The average molecular weight is 428 g/mol. The van der Waals surface area contributed by atoms with E-state index in [9.17, 15) is 25.0 Å². The fraction of sp³-hybridized carbons (Fsp3) is 0.0500. The Labute approximate surface area is 175 Å². The quantitative estimate of drug-likeness (QED) is 0.418. The lowest BCUT2D eigenvalue weighted by molar-refractivity contribution is -0.394. The van der Waals surface area contributed by atoms with Crippen LogP contribution in [0, 0.1) is 20.2 Å². The molecule has 0 bridgehead atoms. The van der Waals surface area contributed by atoms with Gasteiger partial charge in [0.1, 0.15) is 17.4 Å². The molecule has 0 aliphatic carbocycles. The molecule has 9 nitrogen and oxygen atoms in total. The zero-order valence-corrected chi connectivity index (χ0v) is 16.0. The number of rotatable bonds is 7. The third-order valence-electron chi connectivity index (χ3n) is 4.05. The fourth-order valence-electron chi connectivity index (χ4n) is 2.57. The van der Waals surface area contributed by atoms with E-state index in [0.717, 1.165) is 11.6 Å². The van der Waals surface area contributed by atoms with Gasteiger partial charge in [-0.3, -0.25) is 25.0 Å². The van der Waals surface area contributed by atoms with E-state index in [1.807, 2.05) is 30.3 Å². The van der Waals surface area contributed by atoms with Gasteiger partial charge in [0.25, 0.3) is 17.3 Å². The Hall–Kier alpha value is -3.98. The first kappa shape index (κ1) is 20.7. The molecule has 0 fully saturated rings. The van der Waals surface area contributed by atoms with Crippen molar-refractivity contribution in [3.05, 3.63) is 103 Å². The Morgan fingerprint density at radius 3 is 2.23 bits per heavy atom. The van der Waals surface area contributed by atoms with Crippen LogP contribution < -0.4 is 10.1 Å². The van der Waals surface area contributed by atoms with Gasteiger partial charge < -0.3 is 10.1 Å². The van der Waals surface area contributed by atoms with Crippen LogP contribution in [0.4, 0.5) is 17.1 Å². The summed E-state index contributed by atoms with van der Waals surface area (Å²) in [4.78, 5) is 32.9. The molecule has 0 aromatic heterocycles. The van der Waals surface area contributed by atoms with Crippen LogP contribution in [0.2, 0.25) is 5.02 Å². The van der Waals surface area contributed by atoms with Gasteiger partial charge in [0.15, 0.2) is 0 Å². The van der Waals surface area contributed by atoms with E-state index in [2.05, 4.69) is 5.32 Å². The molecule has 0 saturated heterocycles. The van der Waals surface area contributed by atoms with Crippen molar-refractivity contribution >= 4 is 34.6 Å². The summed E-state index contributed by atoms with van der Waals surface area (Å²) in [7, 11) is 0. The van der Waals surface area contributed by atoms with Crippen molar-refractivity contribution in [2.75, 3.05) is 5.32 Å². The highest BCUT2D eigenvalue weighted by Crippen LogP contribution is 2.33. The zero-order chi connectivity index (χ0) is 21.7. The molecule has 0 heterocycles. The van der Waals surface area contributed by atoms with Crippen LogP contribution in [0.5, 0.6) is 5.75 Å². The van der Waals surface area contributed by atoms with Gasteiger partial charge in [0.2, 0.25) is 0 Å². The molecule has 0 atom stereocenters. The van der Waals surface area contributed by atoms with Crippen molar-refractivity contribution in [1.82, 2.24) is 0 Å². The van der Waals surface area contributed by atoms with E-state index in [1.165, 1.54) is 0 Å². The number of hydrogen-bond donors (Lipinski definition) is 1. The number of nitro benzene ring substituents is 2. The predicted molar refractivity (Wildman–Crippen MR) is 110 cm³/mol. The molecule has 30 heavy (non-hydrogen) atoms. The van der Waals surface area contributed by atoms with Crippen LogP contribution in [0.25, 0.3) is 0 Å². The smallest absolute Gasteiger partial charge is 0.295 e. The van der Waals surface area contributed by atoms with Gasteiger partial charge >= 0.3 is 0 Å². The summed E-state index contributed by atoms with van der Waals surface area (Å²) in [5, 5.41) is 24.1. The largest absolute Gasteiger partial charge is 0.489 e.